The Labute approximate surface area is 195 Å². The fourth-order valence-corrected chi connectivity index (χ4v) is 5.29. The number of aryl methyl sites for hydroxylation is 1. The summed E-state index contributed by atoms with van der Waals surface area (Å²) in [5.74, 6) is 0.653. The highest BCUT2D eigenvalue weighted by atomic mass is 32.2. The summed E-state index contributed by atoms with van der Waals surface area (Å²) in [6.07, 6.45) is 11.9. The molecule has 2 aromatic rings. The third kappa shape index (κ3) is 5.58. The molecule has 0 spiro atoms. The molecule has 0 saturated heterocycles. The van der Waals surface area contributed by atoms with Gasteiger partial charge in [0.2, 0.25) is 5.91 Å². The molecule has 1 aliphatic carbocycles. The van der Waals surface area contributed by atoms with Crippen LogP contribution in [0.25, 0.3) is 11.1 Å². The van der Waals surface area contributed by atoms with Crippen LogP contribution in [0.3, 0.4) is 0 Å². The second-order valence-electron chi connectivity index (χ2n) is 9.28. The minimum Gasteiger partial charge on any atom is -0.336 e. The van der Waals surface area contributed by atoms with Crippen molar-refractivity contribution < 1.29 is 23.0 Å². The van der Waals surface area contributed by atoms with Gasteiger partial charge in [-0.15, -0.1) is 0 Å². The SMILES string of the molecule is CC(=O)N1c2ccc(-c3cnn(CCS(C)(=O)=O)c3)c(OOC3CCCCC3)c2CC[C@@H]1C. The van der Waals surface area contributed by atoms with Gasteiger partial charge in [-0.2, -0.15) is 9.99 Å². The van der Waals surface area contributed by atoms with Gasteiger partial charge in [-0.3, -0.25) is 9.48 Å². The van der Waals surface area contributed by atoms with Gasteiger partial charge in [0, 0.05) is 42.1 Å². The van der Waals surface area contributed by atoms with E-state index in [1.165, 1.54) is 12.7 Å². The Morgan fingerprint density at radius 2 is 1.94 bits per heavy atom. The van der Waals surface area contributed by atoms with Crippen LogP contribution in [-0.4, -0.2) is 48.3 Å². The van der Waals surface area contributed by atoms with Crippen molar-refractivity contribution in [1.82, 2.24) is 9.78 Å². The average molecular weight is 476 g/mol. The number of amides is 1. The summed E-state index contributed by atoms with van der Waals surface area (Å²) in [5.41, 5.74) is 3.46. The number of anilines is 1. The number of carbonyl (C=O) groups is 1. The lowest BCUT2D eigenvalue weighted by atomic mass is 9.92. The van der Waals surface area contributed by atoms with Crippen molar-refractivity contribution in [2.75, 3.05) is 16.9 Å². The van der Waals surface area contributed by atoms with Crippen LogP contribution in [0, 0.1) is 0 Å². The first-order chi connectivity index (χ1) is 15.7. The molecule has 0 bridgehead atoms. The maximum absolute atomic E-state index is 12.4. The van der Waals surface area contributed by atoms with Crippen LogP contribution in [-0.2, 0) is 32.5 Å². The molecule has 1 fully saturated rings. The molecular weight excluding hydrogens is 442 g/mol. The fourth-order valence-electron chi connectivity index (χ4n) is 4.77. The van der Waals surface area contributed by atoms with Gasteiger partial charge < -0.3 is 9.79 Å². The molecule has 1 aromatic heterocycles. The van der Waals surface area contributed by atoms with Gasteiger partial charge in [0.1, 0.15) is 15.9 Å². The first-order valence-corrected chi connectivity index (χ1v) is 13.8. The van der Waals surface area contributed by atoms with Crippen LogP contribution in [0.5, 0.6) is 5.75 Å². The van der Waals surface area contributed by atoms with Gasteiger partial charge in [-0.25, -0.2) is 8.42 Å². The highest BCUT2D eigenvalue weighted by Crippen LogP contribution is 2.43. The van der Waals surface area contributed by atoms with E-state index in [4.69, 9.17) is 9.78 Å². The summed E-state index contributed by atoms with van der Waals surface area (Å²) in [6.45, 7) is 3.93. The molecule has 180 valence electrons. The van der Waals surface area contributed by atoms with E-state index in [1.54, 1.807) is 17.8 Å². The third-order valence-electron chi connectivity index (χ3n) is 6.54. The number of sulfone groups is 1. The van der Waals surface area contributed by atoms with Crippen LogP contribution >= 0.6 is 0 Å². The molecule has 33 heavy (non-hydrogen) atoms. The summed E-state index contributed by atoms with van der Waals surface area (Å²) in [4.78, 5) is 26.2. The highest BCUT2D eigenvalue weighted by molar-refractivity contribution is 7.90. The van der Waals surface area contributed by atoms with Crippen LogP contribution in [0.1, 0.15) is 57.9 Å². The number of benzene rings is 1. The number of carbonyl (C=O) groups excluding carboxylic acids is 1. The van der Waals surface area contributed by atoms with Crippen molar-refractivity contribution >= 4 is 21.4 Å². The number of rotatable bonds is 7. The van der Waals surface area contributed by atoms with Crippen LogP contribution in [0.4, 0.5) is 5.69 Å². The van der Waals surface area contributed by atoms with Gasteiger partial charge >= 0.3 is 0 Å². The van der Waals surface area contributed by atoms with Crippen LogP contribution in [0.2, 0.25) is 0 Å². The predicted octanol–water partition coefficient (Wildman–Crippen LogP) is 3.93. The lowest BCUT2D eigenvalue weighted by Crippen LogP contribution is -2.40. The Balaban J connectivity index is 1.69. The molecule has 0 unspecified atom stereocenters. The number of aromatic nitrogens is 2. The van der Waals surface area contributed by atoms with E-state index in [2.05, 4.69) is 12.0 Å². The van der Waals surface area contributed by atoms with Crippen molar-refractivity contribution in [3.8, 4) is 16.9 Å². The van der Waals surface area contributed by atoms with Crippen molar-refractivity contribution in [2.24, 2.45) is 0 Å². The number of hydrogen-bond donors (Lipinski definition) is 0. The van der Waals surface area contributed by atoms with Gasteiger partial charge in [0.15, 0.2) is 5.75 Å². The van der Waals surface area contributed by atoms with Crippen LogP contribution in [0.15, 0.2) is 24.5 Å². The Morgan fingerprint density at radius 3 is 2.64 bits per heavy atom. The van der Waals surface area contributed by atoms with Crippen LogP contribution < -0.4 is 9.79 Å². The minimum absolute atomic E-state index is 0.00365. The lowest BCUT2D eigenvalue weighted by molar-refractivity contribution is -0.250. The molecule has 1 aliphatic heterocycles. The first kappa shape index (κ1) is 23.8. The molecule has 0 radical (unpaired) electrons. The van der Waals surface area contributed by atoms with Crippen molar-refractivity contribution in [1.29, 1.82) is 0 Å². The molecule has 1 saturated carbocycles. The predicted molar refractivity (Wildman–Crippen MR) is 127 cm³/mol. The molecular formula is C24H33N3O5S. The molecule has 9 heteroatoms. The van der Waals surface area contributed by atoms with E-state index in [-0.39, 0.29) is 30.4 Å². The number of fused-ring (bicyclic) bond motifs is 1. The molecule has 2 heterocycles. The van der Waals surface area contributed by atoms with E-state index in [1.807, 2.05) is 23.2 Å². The van der Waals surface area contributed by atoms with E-state index < -0.39 is 9.84 Å². The summed E-state index contributed by atoms with van der Waals surface area (Å²) >= 11 is 0. The molecule has 1 aromatic carbocycles. The fraction of sp³-hybridized carbons (Fsp3) is 0.583. The molecule has 4 rings (SSSR count). The summed E-state index contributed by atoms with van der Waals surface area (Å²) in [5, 5.41) is 4.35. The summed E-state index contributed by atoms with van der Waals surface area (Å²) in [6, 6.07) is 4.01. The normalized spacial score (nSPS) is 19.4. The Morgan fingerprint density at radius 1 is 1.18 bits per heavy atom. The zero-order chi connectivity index (χ0) is 23.6. The highest BCUT2D eigenvalue weighted by Gasteiger charge is 2.31. The maximum atomic E-state index is 12.4. The summed E-state index contributed by atoms with van der Waals surface area (Å²) < 4.78 is 24.7. The Hall–Kier alpha value is -2.39. The van der Waals surface area contributed by atoms with E-state index >= 15 is 0 Å². The molecule has 2 aliphatic rings. The Kier molecular flexibility index (Phi) is 7.09. The first-order valence-electron chi connectivity index (χ1n) is 11.7. The van der Waals surface area contributed by atoms with Gasteiger partial charge in [0.05, 0.1) is 24.2 Å². The van der Waals surface area contributed by atoms with Crippen molar-refractivity contribution in [2.45, 2.75) is 77.5 Å². The monoisotopic (exact) mass is 475 g/mol. The number of nitrogens with zero attached hydrogens (tertiary/aromatic N) is 3. The van der Waals surface area contributed by atoms with Gasteiger partial charge in [-0.1, -0.05) is 19.3 Å². The second-order valence-corrected chi connectivity index (χ2v) is 11.5. The molecule has 1 atom stereocenters. The molecule has 0 N–H and O–H groups in total. The quantitative estimate of drug-likeness (QED) is 0.445. The smallest absolute Gasteiger partial charge is 0.224 e. The molecule has 1 amide bonds. The Bertz CT molecular complexity index is 1110. The maximum Gasteiger partial charge on any atom is 0.224 e. The van der Waals surface area contributed by atoms with Crippen molar-refractivity contribution in [3.63, 3.8) is 0 Å². The topological polar surface area (TPSA) is 90.7 Å². The zero-order valence-corrected chi connectivity index (χ0v) is 20.4. The third-order valence-corrected chi connectivity index (χ3v) is 7.47. The average Bonchev–Trinajstić information content (AvgIpc) is 3.24. The second kappa shape index (κ2) is 9.85. The largest absolute Gasteiger partial charge is 0.336 e. The molecule has 8 nitrogen and oxygen atoms in total. The van der Waals surface area contributed by atoms with Crippen molar-refractivity contribution in [3.05, 3.63) is 30.1 Å². The zero-order valence-electron chi connectivity index (χ0n) is 19.6. The lowest BCUT2D eigenvalue weighted by Gasteiger charge is -2.35. The standard InChI is InChI=1S/C24H33N3O5S/c1-17-9-10-22-23(27(17)18(2)28)12-11-21(24(22)32-31-20-7-5-4-6-8-20)19-15-25-26(16-19)13-14-33(3,29)30/h11-12,15-17,20H,4-10,13-14H2,1-3H3/t17-/m0/s1. The van der Waals surface area contributed by atoms with Gasteiger partial charge in [-0.05, 0) is 44.7 Å². The minimum atomic E-state index is -3.08. The van der Waals surface area contributed by atoms with Gasteiger partial charge in [0.25, 0.3) is 0 Å². The number of hydrogen-bond acceptors (Lipinski definition) is 6. The van der Waals surface area contributed by atoms with E-state index in [9.17, 15) is 13.2 Å². The van der Waals surface area contributed by atoms with E-state index in [0.29, 0.717) is 5.75 Å². The summed E-state index contributed by atoms with van der Waals surface area (Å²) in [7, 11) is -3.08. The van der Waals surface area contributed by atoms with E-state index in [0.717, 1.165) is 60.9 Å².